The number of rotatable bonds is 0. The summed E-state index contributed by atoms with van der Waals surface area (Å²) in [6, 6.07) is 0. The third-order valence-electron chi connectivity index (χ3n) is 3.42. The summed E-state index contributed by atoms with van der Waals surface area (Å²) in [5.41, 5.74) is 0. The van der Waals surface area contributed by atoms with E-state index in [1.807, 2.05) is 0 Å². The highest BCUT2D eigenvalue weighted by atomic mass is 16.3. The molecule has 2 nitrogen and oxygen atoms in total. The number of carbonyl (C=O) groups is 1. The molecule has 2 unspecified atom stereocenters. The Hall–Kier alpha value is -1.05. The summed E-state index contributed by atoms with van der Waals surface area (Å²) in [6.45, 7) is 0. The zero-order valence-corrected chi connectivity index (χ0v) is 6.60. The van der Waals surface area contributed by atoms with Gasteiger partial charge in [-0.15, -0.1) is 0 Å². The maximum absolute atomic E-state index is 11.4. The Morgan fingerprint density at radius 3 is 2.58 bits per heavy atom. The molecule has 3 rings (SSSR count). The van der Waals surface area contributed by atoms with Crippen LogP contribution >= 0.6 is 0 Å². The molecule has 0 radical (unpaired) electrons. The number of allylic oxidation sites excluding steroid dienone is 4. The third kappa shape index (κ3) is 0.554. The van der Waals surface area contributed by atoms with Gasteiger partial charge in [0.05, 0.1) is 0 Å². The van der Waals surface area contributed by atoms with Gasteiger partial charge in [-0.3, -0.25) is 4.79 Å². The van der Waals surface area contributed by atoms with Crippen LogP contribution in [0.4, 0.5) is 0 Å². The van der Waals surface area contributed by atoms with Gasteiger partial charge in [0.2, 0.25) is 0 Å². The standard InChI is InChI=1S/C10H10O2/c11-7-4-8(12)10-6-2-1-5(3-6)9(7)10/h1-2,4-6,9-11H,3H2/t5?,6?,9-,10+/m0/s1. The van der Waals surface area contributed by atoms with Gasteiger partial charge >= 0.3 is 0 Å². The van der Waals surface area contributed by atoms with Crippen LogP contribution in [0.25, 0.3) is 0 Å². The molecule has 0 aliphatic heterocycles. The Bertz CT molecular complexity index is 314. The lowest BCUT2D eigenvalue weighted by atomic mass is 9.84. The third-order valence-corrected chi connectivity index (χ3v) is 3.42. The molecule has 1 fully saturated rings. The molecule has 4 atom stereocenters. The van der Waals surface area contributed by atoms with Crippen LogP contribution in [0, 0.1) is 23.7 Å². The lowest BCUT2D eigenvalue weighted by molar-refractivity contribution is -0.118. The minimum absolute atomic E-state index is 0.0833. The Balaban J connectivity index is 2.09. The van der Waals surface area contributed by atoms with Crippen LogP contribution in [0.3, 0.4) is 0 Å². The van der Waals surface area contributed by atoms with E-state index in [-0.39, 0.29) is 17.6 Å². The van der Waals surface area contributed by atoms with Gasteiger partial charge in [-0.25, -0.2) is 0 Å². The van der Waals surface area contributed by atoms with Gasteiger partial charge in [0.15, 0.2) is 5.78 Å². The highest BCUT2D eigenvalue weighted by molar-refractivity contribution is 5.96. The normalized spacial score (nSPS) is 48.3. The molecule has 1 saturated carbocycles. The van der Waals surface area contributed by atoms with E-state index in [1.54, 1.807) is 0 Å². The van der Waals surface area contributed by atoms with E-state index < -0.39 is 0 Å². The van der Waals surface area contributed by atoms with Crippen molar-refractivity contribution in [3.63, 3.8) is 0 Å². The highest BCUT2D eigenvalue weighted by Crippen LogP contribution is 2.53. The number of aliphatic hydroxyl groups excluding tert-OH is 1. The Morgan fingerprint density at radius 2 is 1.92 bits per heavy atom. The van der Waals surface area contributed by atoms with Crippen molar-refractivity contribution in [2.24, 2.45) is 23.7 Å². The van der Waals surface area contributed by atoms with Gasteiger partial charge in [-0.1, -0.05) is 12.2 Å². The van der Waals surface area contributed by atoms with Gasteiger partial charge in [-0.2, -0.15) is 0 Å². The second kappa shape index (κ2) is 1.82. The van der Waals surface area contributed by atoms with E-state index in [9.17, 15) is 9.90 Å². The zero-order chi connectivity index (χ0) is 8.29. The molecule has 0 spiro atoms. The van der Waals surface area contributed by atoms with Gasteiger partial charge < -0.3 is 5.11 Å². The molecule has 0 saturated heterocycles. The summed E-state index contributed by atoms with van der Waals surface area (Å²) in [5.74, 6) is 1.51. The number of fused-ring (bicyclic) bond motifs is 5. The van der Waals surface area contributed by atoms with Crippen LogP contribution in [0.15, 0.2) is 24.0 Å². The van der Waals surface area contributed by atoms with Gasteiger partial charge in [0, 0.05) is 17.9 Å². The summed E-state index contributed by atoms with van der Waals surface area (Å²) in [7, 11) is 0. The predicted octanol–water partition coefficient (Wildman–Crippen LogP) is 1.45. The van der Waals surface area contributed by atoms with Crippen LogP contribution in [-0.4, -0.2) is 10.9 Å². The monoisotopic (exact) mass is 162 g/mol. The fourth-order valence-electron chi connectivity index (χ4n) is 2.95. The van der Waals surface area contributed by atoms with Crippen molar-refractivity contribution in [1.29, 1.82) is 0 Å². The maximum atomic E-state index is 11.4. The first kappa shape index (κ1) is 6.46. The Kier molecular flexibility index (Phi) is 0.978. The van der Waals surface area contributed by atoms with Crippen LogP contribution in [0.5, 0.6) is 0 Å². The minimum Gasteiger partial charge on any atom is -0.512 e. The molecule has 0 amide bonds. The largest absolute Gasteiger partial charge is 0.512 e. The molecule has 0 aromatic carbocycles. The van der Waals surface area contributed by atoms with Crippen LogP contribution in [-0.2, 0) is 4.79 Å². The van der Waals surface area contributed by atoms with Crippen molar-refractivity contribution in [2.45, 2.75) is 6.42 Å². The maximum Gasteiger partial charge on any atom is 0.163 e. The first-order chi connectivity index (χ1) is 5.77. The van der Waals surface area contributed by atoms with E-state index in [1.165, 1.54) is 6.08 Å². The van der Waals surface area contributed by atoms with Crippen molar-refractivity contribution in [3.8, 4) is 0 Å². The second-order valence-electron chi connectivity index (χ2n) is 3.97. The molecule has 12 heavy (non-hydrogen) atoms. The Morgan fingerprint density at radius 1 is 1.25 bits per heavy atom. The summed E-state index contributed by atoms with van der Waals surface area (Å²) < 4.78 is 0. The number of ketones is 1. The lowest BCUT2D eigenvalue weighted by Crippen LogP contribution is -2.21. The summed E-state index contributed by atoms with van der Waals surface area (Å²) in [6.07, 6.45) is 6.77. The zero-order valence-electron chi connectivity index (χ0n) is 6.60. The topological polar surface area (TPSA) is 37.3 Å². The number of hydrogen-bond acceptors (Lipinski definition) is 2. The summed E-state index contributed by atoms with van der Waals surface area (Å²) in [4.78, 5) is 11.4. The average Bonchev–Trinajstić information content (AvgIpc) is 2.64. The van der Waals surface area contributed by atoms with Crippen molar-refractivity contribution in [3.05, 3.63) is 24.0 Å². The van der Waals surface area contributed by atoms with E-state index in [2.05, 4.69) is 12.2 Å². The molecule has 1 N–H and O–H groups in total. The SMILES string of the molecule is O=C1C=C(O)[C@@H]2C3C=CC(C3)[C@H]12. The van der Waals surface area contributed by atoms with E-state index >= 15 is 0 Å². The van der Waals surface area contributed by atoms with E-state index in [0.29, 0.717) is 17.6 Å². The van der Waals surface area contributed by atoms with Gasteiger partial charge in [0.25, 0.3) is 0 Å². The van der Waals surface area contributed by atoms with Crippen molar-refractivity contribution >= 4 is 5.78 Å². The highest BCUT2D eigenvalue weighted by Gasteiger charge is 2.52. The number of hydrogen-bond donors (Lipinski definition) is 1. The predicted molar refractivity (Wildman–Crippen MR) is 43.4 cm³/mol. The van der Waals surface area contributed by atoms with Crippen LogP contribution in [0.2, 0.25) is 0 Å². The second-order valence-corrected chi connectivity index (χ2v) is 3.97. The van der Waals surface area contributed by atoms with E-state index in [0.717, 1.165) is 6.42 Å². The van der Waals surface area contributed by atoms with Crippen LogP contribution in [0.1, 0.15) is 6.42 Å². The van der Waals surface area contributed by atoms with Crippen molar-refractivity contribution in [2.75, 3.05) is 0 Å². The molecule has 0 aromatic heterocycles. The van der Waals surface area contributed by atoms with E-state index in [4.69, 9.17) is 0 Å². The first-order valence-corrected chi connectivity index (χ1v) is 4.40. The lowest BCUT2D eigenvalue weighted by Gasteiger charge is -2.19. The average molecular weight is 162 g/mol. The number of aliphatic hydroxyl groups is 1. The van der Waals surface area contributed by atoms with Gasteiger partial charge in [0.1, 0.15) is 5.76 Å². The molecule has 62 valence electrons. The summed E-state index contributed by atoms with van der Waals surface area (Å²) in [5, 5.41) is 9.50. The number of carbonyl (C=O) groups excluding carboxylic acids is 1. The molecule has 0 aromatic rings. The molecule has 0 heterocycles. The quantitative estimate of drug-likeness (QED) is 0.547. The van der Waals surface area contributed by atoms with Gasteiger partial charge in [-0.05, 0) is 18.3 Å². The fraction of sp³-hybridized carbons (Fsp3) is 0.500. The molecule has 3 aliphatic carbocycles. The molecular formula is C10H10O2. The van der Waals surface area contributed by atoms with Crippen molar-refractivity contribution < 1.29 is 9.90 Å². The van der Waals surface area contributed by atoms with Crippen molar-refractivity contribution in [1.82, 2.24) is 0 Å². The van der Waals surface area contributed by atoms with Crippen LogP contribution < -0.4 is 0 Å². The Labute approximate surface area is 70.6 Å². The minimum atomic E-state index is 0.0833. The first-order valence-electron chi connectivity index (χ1n) is 4.40. The smallest absolute Gasteiger partial charge is 0.163 e. The molecular weight excluding hydrogens is 152 g/mol. The molecule has 2 bridgehead atoms. The molecule has 2 heteroatoms. The molecule has 3 aliphatic rings. The summed E-state index contributed by atoms with van der Waals surface area (Å²) >= 11 is 0. The fourth-order valence-corrected chi connectivity index (χ4v) is 2.95.